The van der Waals surface area contributed by atoms with E-state index in [4.69, 9.17) is 0 Å². The molecule has 1 aromatic heterocycles. The first kappa shape index (κ1) is 17.7. The van der Waals surface area contributed by atoms with Gasteiger partial charge in [0.25, 0.3) is 0 Å². The monoisotopic (exact) mass is 368 g/mol. The number of anilines is 1. The lowest BCUT2D eigenvalue weighted by atomic mass is 10.1. The molecule has 3 heterocycles. The number of amides is 2. The lowest BCUT2D eigenvalue weighted by molar-refractivity contribution is -0.141. The summed E-state index contributed by atoms with van der Waals surface area (Å²) in [6.07, 6.45) is 3.84. The Labute approximate surface area is 158 Å². The van der Waals surface area contributed by atoms with Crippen molar-refractivity contribution in [2.24, 2.45) is 5.92 Å². The van der Waals surface area contributed by atoms with Crippen LogP contribution in [0.5, 0.6) is 0 Å². The Morgan fingerprint density at radius 3 is 2.52 bits per heavy atom. The van der Waals surface area contributed by atoms with Crippen LogP contribution in [-0.2, 0) is 16.1 Å². The Balaban J connectivity index is 1.28. The minimum Gasteiger partial charge on any atom is -0.339 e. The van der Waals surface area contributed by atoms with Crippen LogP contribution in [0.4, 0.5) is 5.69 Å². The summed E-state index contributed by atoms with van der Waals surface area (Å²) in [4.78, 5) is 35.5. The van der Waals surface area contributed by atoms with Gasteiger partial charge in [-0.1, -0.05) is 18.2 Å². The molecule has 2 aromatic rings. The fourth-order valence-corrected chi connectivity index (χ4v) is 3.78. The van der Waals surface area contributed by atoms with Crippen molar-refractivity contribution < 1.29 is 9.59 Å². The molecular formula is C19H24N6O2. The molecule has 0 radical (unpaired) electrons. The maximum Gasteiger partial charge on any atom is 0.239 e. The standard InChI is InChI=1S/C19H24N6O2/c26-18(17-6-7-25(19(17)27)16-4-2-1-3-5-16)23-11-8-22(9-12-23)10-13-24-15-20-14-21-24/h1-5,14-15,17H,6-13H2/t17-/m0/s1. The molecule has 0 N–H and O–H groups in total. The molecule has 2 amide bonds. The average molecular weight is 368 g/mol. The molecule has 2 aliphatic heterocycles. The van der Waals surface area contributed by atoms with Gasteiger partial charge in [0, 0.05) is 45.0 Å². The molecule has 4 rings (SSSR count). The van der Waals surface area contributed by atoms with Gasteiger partial charge in [-0.3, -0.25) is 19.2 Å². The van der Waals surface area contributed by atoms with Gasteiger partial charge in [0.2, 0.25) is 11.8 Å². The molecule has 2 fully saturated rings. The summed E-state index contributed by atoms with van der Waals surface area (Å²) >= 11 is 0. The highest BCUT2D eigenvalue weighted by atomic mass is 16.2. The van der Waals surface area contributed by atoms with Gasteiger partial charge < -0.3 is 9.80 Å². The van der Waals surface area contributed by atoms with E-state index in [-0.39, 0.29) is 11.8 Å². The number of carbonyl (C=O) groups excluding carboxylic acids is 2. The molecule has 142 valence electrons. The summed E-state index contributed by atoms with van der Waals surface area (Å²) in [7, 11) is 0. The molecule has 1 aromatic carbocycles. The second kappa shape index (κ2) is 7.87. The summed E-state index contributed by atoms with van der Waals surface area (Å²) < 4.78 is 1.81. The Hall–Kier alpha value is -2.74. The summed E-state index contributed by atoms with van der Waals surface area (Å²) in [6, 6.07) is 9.58. The third-order valence-corrected chi connectivity index (χ3v) is 5.37. The van der Waals surface area contributed by atoms with Gasteiger partial charge in [-0.2, -0.15) is 5.10 Å². The van der Waals surface area contributed by atoms with Crippen LogP contribution in [0.2, 0.25) is 0 Å². The average Bonchev–Trinajstić information content (AvgIpc) is 3.37. The number of piperazine rings is 1. The third kappa shape index (κ3) is 3.85. The highest BCUT2D eigenvalue weighted by Crippen LogP contribution is 2.26. The smallest absolute Gasteiger partial charge is 0.239 e. The SMILES string of the molecule is O=C([C@@H]1CCN(c2ccccc2)C1=O)N1CCN(CCn2cncn2)CC1. The van der Waals surface area contributed by atoms with E-state index in [0.29, 0.717) is 26.1 Å². The van der Waals surface area contributed by atoms with Crippen molar-refractivity contribution in [3.8, 4) is 0 Å². The van der Waals surface area contributed by atoms with Crippen LogP contribution in [0.1, 0.15) is 6.42 Å². The highest BCUT2D eigenvalue weighted by molar-refractivity contribution is 6.09. The van der Waals surface area contributed by atoms with Gasteiger partial charge in [0.05, 0.1) is 6.54 Å². The van der Waals surface area contributed by atoms with E-state index in [2.05, 4.69) is 15.0 Å². The van der Waals surface area contributed by atoms with Crippen LogP contribution in [0, 0.1) is 5.92 Å². The van der Waals surface area contributed by atoms with Gasteiger partial charge in [-0.05, 0) is 18.6 Å². The van der Waals surface area contributed by atoms with Gasteiger partial charge in [-0.15, -0.1) is 0 Å². The van der Waals surface area contributed by atoms with Gasteiger partial charge in [0.1, 0.15) is 18.6 Å². The van der Waals surface area contributed by atoms with Crippen molar-refractivity contribution in [3.63, 3.8) is 0 Å². The number of para-hydroxylation sites is 1. The summed E-state index contributed by atoms with van der Waals surface area (Å²) in [5.41, 5.74) is 0.871. The largest absolute Gasteiger partial charge is 0.339 e. The highest BCUT2D eigenvalue weighted by Gasteiger charge is 2.40. The molecule has 8 heteroatoms. The van der Waals surface area contributed by atoms with E-state index >= 15 is 0 Å². The van der Waals surface area contributed by atoms with E-state index < -0.39 is 5.92 Å². The summed E-state index contributed by atoms with van der Waals surface area (Å²) in [5, 5.41) is 4.11. The molecule has 8 nitrogen and oxygen atoms in total. The minimum absolute atomic E-state index is 0.0191. The number of benzene rings is 1. The molecular weight excluding hydrogens is 344 g/mol. The number of hydrogen-bond donors (Lipinski definition) is 0. The number of aromatic nitrogens is 3. The van der Waals surface area contributed by atoms with Crippen LogP contribution < -0.4 is 4.90 Å². The summed E-state index contributed by atoms with van der Waals surface area (Å²) in [5.74, 6) is -0.624. The normalized spacial score (nSPS) is 21.0. The lowest BCUT2D eigenvalue weighted by Gasteiger charge is -2.35. The van der Waals surface area contributed by atoms with E-state index in [1.165, 1.54) is 6.33 Å². The molecule has 1 atom stereocenters. The van der Waals surface area contributed by atoms with Crippen molar-refractivity contribution in [2.75, 3.05) is 44.2 Å². The van der Waals surface area contributed by atoms with Gasteiger partial charge in [-0.25, -0.2) is 4.98 Å². The Morgan fingerprint density at radius 1 is 1.04 bits per heavy atom. The second-order valence-electron chi connectivity index (χ2n) is 6.99. The van der Waals surface area contributed by atoms with Crippen LogP contribution in [-0.4, -0.2) is 75.6 Å². The van der Waals surface area contributed by atoms with Crippen molar-refractivity contribution in [1.82, 2.24) is 24.6 Å². The first-order chi connectivity index (χ1) is 13.2. The van der Waals surface area contributed by atoms with E-state index in [1.807, 2.05) is 39.9 Å². The quantitative estimate of drug-likeness (QED) is 0.718. The van der Waals surface area contributed by atoms with Gasteiger partial charge >= 0.3 is 0 Å². The van der Waals surface area contributed by atoms with Crippen LogP contribution in [0.25, 0.3) is 0 Å². The predicted octanol–water partition coefficient (Wildman–Crippen LogP) is 0.475. The molecule has 0 bridgehead atoms. The van der Waals surface area contributed by atoms with Crippen LogP contribution in [0.3, 0.4) is 0 Å². The zero-order valence-electron chi connectivity index (χ0n) is 15.3. The third-order valence-electron chi connectivity index (χ3n) is 5.37. The number of hydrogen-bond acceptors (Lipinski definition) is 5. The molecule has 27 heavy (non-hydrogen) atoms. The van der Waals surface area contributed by atoms with E-state index in [1.54, 1.807) is 11.2 Å². The van der Waals surface area contributed by atoms with Crippen LogP contribution >= 0.6 is 0 Å². The zero-order valence-corrected chi connectivity index (χ0v) is 15.3. The van der Waals surface area contributed by atoms with Crippen molar-refractivity contribution >= 4 is 17.5 Å². The molecule has 0 aliphatic carbocycles. The van der Waals surface area contributed by atoms with Crippen molar-refractivity contribution in [1.29, 1.82) is 0 Å². The molecule has 2 saturated heterocycles. The number of nitrogens with zero attached hydrogens (tertiary/aromatic N) is 6. The Bertz CT molecular complexity index is 771. The first-order valence-electron chi connectivity index (χ1n) is 9.42. The maximum absolute atomic E-state index is 12.9. The molecule has 2 aliphatic rings. The van der Waals surface area contributed by atoms with E-state index in [9.17, 15) is 9.59 Å². The maximum atomic E-state index is 12.9. The number of carbonyl (C=O) groups is 2. The van der Waals surface area contributed by atoms with Crippen LogP contribution in [0.15, 0.2) is 43.0 Å². The predicted molar refractivity (Wildman–Crippen MR) is 99.9 cm³/mol. The van der Waals surface area contributed by atoms with Gasteiger partial charge in [0.15, 0.2) is 0 Å². The Morgan fingerprint density at radius 2 is 1.81 bits per heavy atom. The zero-order chi connectivity index (χ0) is 18.6. The molecule has 0 unspecified atom stereocenters. The topological polar surface area (TPSA) is 74.6 Å². The van der Waals surface area contributed by atoms with Crippen molar-refractivity contribution in [2.45, 2.75) is 13.0 Å². The summed E-state index contributed by atoms with van der Waals surface area (Å²) in [6.45, 7) is 5.28. The van der Waals surface area contributed by atoms with E-state index in [0.717, 1.165) is 31.9 Å². The molecule has 0 saturated carbocycles. The minimum atomic E-state index is -0.535. The number of rotatable bonds is 5. The Kier molecular flexibility index (Phi) is 5.15. The molecule has 0 spiro atoms. The fraction of sp³-hybridized carbons (Fsp3) is 0.474. The van der Waals surface area contributed by atoms with Crippen molar-refractivity contribution in [3.05, 3.63) is 43.0 Å². The lowest BCUT2D eigenvalue weighted by Crippen LogP contribution is -2.51. The fourth-order valence-electron chi connectivity index (χ4n) is 3.78. The second-order valence-corrected chi connectivity index (χ2v) is 6.99. The first-order valence-corrected chi connectivity index (χ1v) is 9.42.